The van der Waals surface area contributed by atoms with Crippen molar-refractivity contribution in [3.63, 3.8) is 0 Å². The molecule has 1 aromatic carbocycles. The van der Waals surface area contributed by atoms with E-state index in [1.807, 2.05) is 0 Å². The number of hydrogen-bond acceptors (Lipinski definition) is 4. The molecule has 1 aromatic heterocycles. The van der Waals surface area contributed by atoms with Crippen molar-refractivity contribution in [3.05, 3.63) is 47.7 Å². The van der Waals surface area contributed by atoms with Crippen LogP contribution in [0.5, 0.6) is 0 Å². The Bertz CT molecular complexity index is 777. The number of alkyl halides is 3. The number of nitrogens with zero attached hydrogens (tertiary/aromatic N) is 3. The SMILES string of the molecule is CC1CCCN(C(=O)c2ccc(Nc3cccc(C(F)(F)F)c3)nn2)C1. The van der Waals surface area contributed by atoms with Crippen LogP contribution in [0.15, 0.2) is 36.4 Å². The number of likely N-dealkylation sites (tertiary alicyclic amines) is 1. The number of anilines is 2. The fourth-order valence-electron chi connectivity index (χ4n) is 2.97. The molecule has 2 aromatic rings. The van der Waals surface area contributed by atoms with Crippen molar-refractivity contribution >= 4 is 17.4 Å². The van der Waals surface area contributed by atoms with E-state index in [9.17, 15) is 18.0 Å². The normalized spacial score (nSPS) is 17.8. The molecular weight excluding hydrogens is 345 g/mol. The number of amides is 1. The standard InChI is InChI=1S/C18H19F3N4O/c1-12-4-3-9-25(11-12)17(26)15-7-8-16(24-23-15)22-14-6-2-5-13(10-14)18(19,20)21/h2,5-8,10,12H,3-4,9,11H2,1H3,(H,22,24). The zero-order chi connectivity index (χ0) is 18.7. The fourth-order valence-corrected chi connectivity index (χ4v) is 2.97. The average Bonchev–Trinajstić information content (AvgIpc) is 2.61. The van der Waals surface area contributed by atoms with E-state index in [4.69, 9.17) is 0 Å². The van der Waals surface area contributed by atoms with Crippen LogP contribution in [0.25, 0.3) is 0 Å². The summed E-state index contributed by atoms with van der Waals surface area (Å²) in [5, 5.41) is 10.6. The van der Waals surface area contributed by atoms with Gasteiger partial charge in [-0.3, -0.25) is 4.79 Å². The Morgan fingerprint density at radius 1 is 1.23 bits per heavy atom. The van der Waals surface area contributed by atoms with Crippen molar-refractivity contribution in [1.29, 1.82) is 0 Å². The largest absolute Gasteiger partial charge is 0.416 e. The van der Waals surface area contributed by atoms with E-state index in [1.54, 1.807) is 4.90 Å². The van der Waals surface area contributed by atoms with Gasteiger partial charge in [0.15, 0.2) is 11.5 Å². The Morgan fingerprint density at radius 2 is 2.04 bits per heavy atom. The van der Waals surface area contributed by atoms with Gasteiger partial charge in [-0.15, -0.1) is 10.2 Å². The van der Waals surface area contributed by atoms with Crippen LogP contribution in [0.2, 0.25) is 0 Å². The number of halogens is 3. The van der Waals surface area contributed by atoms with Gasteiger partial charge in [0.25, 0.3) is 5.91 Å². The highest BCUT2D eigenvalue weighted by Gasteiger charge is 2.30. The summed E-state index contributed by atoms with van der Waals surface area (Å²) >= 11 is 0. The maximum atomic E-state index is 12.8. The summed E-state index contributed by atoms with van der Waals surface area (Å²) in [4.78, 5) is 14.2. The first kappa shape index (κ1) is 18.2. The molecule has 0 radical (unpaired) electrons. The van der Waals surface area contributed by atoms with Gasteiger partial charge in [0.2, 0.25) is 0 Å². The molecular formula is C18H19F3N4O. The summed E-state index contributed by atoms with van der Waals surface area (Å²) in [7, 11) is 0. The molecule has 1 unspecified atom stereocenters. The summed E-state index contributed by atoms with van der Waals surface area (Å²) in [6.07, 6.45) is -2.34. The quantitative estimate of drug-likeness (QED) is 0.890. The van der Waals surface area contributed by atoms with E-state index >= 15 is 0 Å². The van der Waals surface area contributed by atoms with Crippen molar-refractivity contribution in [3.8, 4) is 0 Å². The van der Waals surface area contributed by atoms with Gasteiger partial charge in [-0.2, -0.15) is 13.2 Å². The van der Waals surface area contributed by atoms with Gasteiger partial charge in [0, 0.05) is 18.8 Å². The second-order valence-electron chi connectivity index (χ2n) is 6.51. The molecule has 0 bridgehead atoms. The molecule has 2 heterocycles. The fraction of sp³-hybridized carbons (Fsp3) is 0.389. The number of benzene rings is 1. The molecule has 8 heteroatoms. The number of carbonyl (C=O) groups is 1. The molecule has 1 fully saturated rings. The second kappa shape index (κ2) is 7.31. The molecule has 0 saturated carbocycles. The molecule has 5 nitrogen and oxygen atoms in total. The first-order valence-corrected chi connectivity index (χ1v) is 8.40. The Morgan fingerprint density at radius 3 is 2.69 bits per heavy atom. The van der Waals surface area contributed by atoms with Crippen LogP contribution in [0.1, 0.15) is 35.8 Å². The molecule has 0 aliphatic carbocycles. The van der Waals surface area contributed by atoms with Crippen LogP contribution in [-0.4, -0.2) is 34.1 Å². The van der Waals surface area contributed by atoms with Crippen molar-refractivity contribution in [2.75, 3.05) is 18.4 Å². The highest BCUT2D eigenvalue weighted by molar-refractivity contribution is 5.92. The second-order valence-corrected chi connectivity index (χ2v) is 6.51. The van der Waals surface area contributed by atoms with Gasteiger partial charge in [-0.25, -0.2) is 0 Å². The monoisotopic (exact) mass is 364 g/mol. The highest BCUT2D eigenvalue weighted by atomic mass is 19.4. The van der Waals surface area contributed by atoms with Crippen LogP contribution in [0.4, 0.5) is 24.7 Å². The first-order valence-electron chi connectivity index (χ1n) is 8.40. The molecule has 1 aliphatic rings. The van der Waals surface area contributed by atoms with Crippen LogP contribution >= 0.6 is 0 Å². The molecule has 1 atom stereocenters. The van der Waals surface area contributed by atoms with Gasteiger partial charge in [0.05, 0.1) is 5.56 Å². The lowest BCUT2D eigenvalue weighted by Gasteiger charge is -2.30. The predicted molar refractivity (Wildman–Crippen MR) is 91.1 cm³/mol. The summed E-state index contributed by atoms with van der Waals surface area (Å²) < 4.78 is 38.3. The summed E-state index contributed by atoms with van der Waals surface area (Å²) in [6.45, 7) is 3.51. The van der Waals surface area contributed by atoms with Gasteiger partial charge in [-0.1, -0.05) is 13.0 Å². The predicted octanol–water partition coefficient (Wildman–Crippen LogP) is 4.11. The third-order valence-electron chi connectivity index (χ3n) is 4.29. The number of piperidine rings is 1. The van der Waals surface area contributed by atoms with E-state index in [-0.39, 0.29) is 23.1 Å². The molecule has 138 valence electrons. The zero-order valence-corrected chi connectivity index (χ0v) is 14.3. The van der Waals surface area contributed by atoms with Gasteiger partial charge < -0.3 is 10.2 Å². The van der Waals surface area contributed by atoms with Crippen molar-refractivity contribution < 1.29 is 18.0 Å². The Labute approximate surface area is 149 Å². The third-order valence-corrected chi connectivity index (χ3v) is 4.29. The van der Waals surface area contributed by atoms with Crippen LogP contribution < -0.4 is 5.32 Å². The maximum absolute atomic E-state index is 12.8. The molecule has 1 N–H and O–H groups in total. The maximum Gasteiger partial charge on any atom is 0.416 e. The first-order chi connectivity index (χ1) is 12.3. The smallest absolute Gasteiger partial charge is 0.339 e. The van der Waals surface area contributed by atoms with Crippen molar-refractivity contribution in [1.82, 2.24) is 15.1 Å². The number of nitrogens with one attached hydrogen (secondary N) is 1. The van der Waals surface area contributed by atoms with E-state index in [1.165, 1.54) is 24.3 Å². The Kier molecular flexibility index (Phi) is 5.11. The van der Waals surface area contributed by atoms with Crippen LogP contribution in [0.3, 0.4) is 0 Å². The van der Waals surface area contributed by atoms with E-state index in [2.05, 4.69) is 22.4 Å². The lowest BCUT2D eigenvalue weighted by atomic mass is 10.00. The van der Waals surface area contributed by atoms with Crippen molar-refractivity contribution in [2.24, 2.45) is 5.92 Å². The number of rotatable bonds is 3. The van der Waals surface area contributed by atoms with Gasteiger partial charge in [0.1, 0.15) is 0 Å². The summed E-state index contributed by atoms with van der Waals surface area (Å²) in [5.41, 5.74) is -0.270. The molecule has 1 aliphatic heterocycles. The van der Waals surface area contributed by atoms with Crippen molar-refractivity contribution in [2.45, 2.75) is 25.9 Å². The van der Waals surface area contributed by atoms with E-state index < -0.39 is 11.7 Å². The topological polar surface area (TPSA) is 58.1 Å². The number of carbonyl (C=O) groups excluding carboxylic acids is 1. The average molecular weight is 364 g/mol. The number of hydrogen-bond donors (Lipinski definition) is 1. The van der Waals surface area contributed by atoms with Crippen LogP contribution in [0, 0.1) is 5.92 Å². The van der Waals surface area contributed by atoms with E-state index in [0.29, 0.717) is 19.0 Å². The molecule has 26 heavy (non-hydrogen) atoms. The lowest BCUT2D eigenvalue weighted by Crippen LogP contribution is -2.39. The minimum absolute atomic E-state index is 0.172. The highest BCUT2D eigenvalue weighted by Crippen LogP contribution is 2.31. The minimum Gasteiger partial charge on any atom is -0.339 e. The van der Waals surface area contributed by atoms with Crippen LogP contribution in [-0.2, 0) is 6.18 Å². The molecule has 1 amide bonds. The minimum atomic E-state index is -4.41. The summed E-state index contributed by atoms with van der Waals surface area (Å²) in [5.74, 6) is 0.560. The Balaban J connectivity index is 1.69. The third kappa shape index (κ3) is 4.30. The lowest BCUT2D eigenvalue weighted by molar-refractivity contribution is -0.137. The van der Waals surface area contributed by atoms with Gasteiger partial charge >= 0.3 is 6.18 Å². The number of aromatic nitrogens is 2. The molecule has 0 spiro atoms. The molecule has 1 saturated heterocycles. The zero-order valence-electron chi connectivity index (χ0n) is 14.3. The van der Waals surface area contributed by atoms with Gasteiger partial charge in [-0.05, 0) is 49.1 Å². The molecule has 3 rings (SSSR count). The van der Waals surface area contributed by atoms with E-state index in [0.717, 1.165) is 25.0 Å². The Hall–Kier alpha value is -2.64. The summed E-state index contributed by atoms with van der Waals surface area (Å²) in [6, 6.07) is 7.88.